The number of aromatic nitrogens is 4. The number of halogens is 3. The Morgan fingerprint density at radius 3 is 2.33 bits per heavy atom. The predicted molar refractivity (Wildman–Crippen MR) is 110 cm³/mol. The lowest BCUT2D eigenvalue weighted by molar-refractivity contribution is -0.144. The molecule has 2 saturated heterocycles. The van der Waals surface area contributed by atoms with Crippen LogP contribution in [0.3, 0.4) is 0 Å². The molecule has 0 unspecified atom stereocenters. The lowest BCUT2D eigenvalue weighted by atomic mass is 9.94. The van der Waals surface area contributed by atoms with Crippen LogP contribution in [0.25, 0.3) is 5.78 Å². The van der Waals surface area contributed by atoms with E-state index in [4.69, 9.17) is 4.74 Å². The first-order chi connectivity index (χ1) is 15.6. The number of likely N-dealkylation sites (tertiary alicyclic amines) is 1. The molecule has 2 aliphatic heterocycles. The largest absolute Gasteiger partial charge is 0.453 e. The summed E-state index contributed by atoms with van der Waals surface area (Å²) >= 11 is 0. The maximum absolute atomic E-state index is 13.0. The van der Waals surface area contributed by atoms with Crippen molar-refractivity contribution in [3.05, 3.63) is 22.8 Å². The SMILES string of the molecule is Cc1nc2nc(C(F)(F)F)nn2c(C)c1CCC(=O)N1CCC(C(=O)N2CCOCC2)CC1. The van der Waals surface area contributed by atoms with Gasteiger partial charge in [0, 0.05) is 49.9 Å². The molecule has 4 heterocycles. The van der Waals surface area contributed by atoms with Gasteiger partial charge in [0.25, 0.3) is 11.6 Å². The standard InChI is InChI=1S/C21H27F3N6O3/c1-13-16(14(2)30-20(25-13)26-19(27-30)21(22,23)24)3-4-17(31)28-7-5-15(6-8-28)18(32)29-9-11-33-12-10-29/h15H,3-12H2,1-2H3. The summed E-state index contributed by atoms with van der Waals surface area (Å²) in [5, 5.41) is 3.54. The summed E-state index contributed by atoms with van der Waals surface area (Å²) in [4.78, 5) is 36.7. The molecule has 2 amide bonds. The van der Waals surface area contributed by atoms with Gasteiger partial charge >= 0.3 is 6.18 Å². The highest BCUT2D eigenvalue weighted by Crippen LogP contribution is 2.27. The number of piperidine rings is 1. The second kappa shape index (κ2) is 9.24. The van der Waals surface area contributed by atoms with E-state index in [-0.39, 0.29) is 29.9 Å². The van der Waals surface area contributed by atoms with Crippen molar-refractivity contribution in [2.75, 3.05) is 39.4 Å². The number of alkyl halides is 3. The van der Waals surface area contributed by atoms with Gasteiger partial charge in [0.2, 0.25) is 11.8 Å². The number of aryl methyl sites for hydroxylation is 2. The Morgan fingerprint density at radius 2 is 1.70 bits per heavy atom. The van der Waals surface area contributed by atoms with E-state index in [9.17, 15) is 22.8 Å². The number of carbonyl (C=O) groups is 2. The van der Waals surface area contributed by atoms with Gasteiger partial charge in [-0.1, -0.05) is 0 Å². The van der Waals surface area contributed by atoms with Crippen LogP contribution in [-0.2, 0) is 26.9 Å². The maximum Gasteiger partial charge on any atom is 0.453 e. The van der Waals surface area contributed by atoms with Crippen LogP contribution in [0.1, 0.15) is 42.0 Å². The van der Waals surface area contributed by atoms with Gasteiger partial charge < -0.3 is 14.5 Å². The molecule has 2 aliphatic rings. The molecule has 2 aromatic rings. The van der Waals surface area contributed by atoms with Gasteiger partial charge in [0.15, 0.2) is 0 Å². The average Bonchev–Trinajstić information content (AvgIpc) is 3.24. The van der Waals surface area contributed by atoms with E-state index < -0.39 is 12.0 Å². The summed E-state index contributed by atoms with van der Waals surface area (Å²) in [6.45, 7) is 6.75. The summed E-state index contributed by atoms with van der Waals surface area (Å²) in [5.74, 6) is -1.32. The van der Waals surface area contributed by atoms with Crippen LogP contribution in [-0.4, -0.2) is 80.6 Å². The van der Waals surface area contributed by atoms with Crippen molar-refractivity contribution in [3.63, 3.8) is 0 Å². The van der Waals surface area contributed by atoms with Crippen molar-refractivity contribution < 1.29 is 27.5 Å². The summed E-state index contributed by atoms with van der Waals surface area (Å²) < 4.78 is 45.2. The van der Waals surface area contributed by atoms with Gasteiger partial charge in [-0.15, -0.1) is 5.10 Å². The van der Waals surface area contributed by atoms with Crippen LogP contribution in [0.2, 0.25) is 0 Å². The summed E-state index contributed by atoms with van der Waals surface area (Å²) in [6, 6.07) is 0. The number of hydrogen-bond donors (Lipinski definition) is 0. The van der Waals surface area contributed by atoms with Crippen molar-refractivity contribution in [3.8, 4) is 0 Å². The molecule has 0 aromatic carbocycles. The molecule has 0 N–H and O–H groups in total. The number of amides is 2. The van der Waals surface area contributed by atoms with Crippen molar-refractivity contribution in [2.24, 2.45) is 5.92 Å². The predicted octanol–water partition coefficient (Wildman–Crippen LogP) is 1.79. The zero-order chi connectivity index (χ0) is 23.8. The second-order valence-corrected chi connectivity index (χ2v) is 8.50. The van der Waals surface area contributed by atoms with Gasteiger partial charge in [-0.3, -0.25) is 9.59 Å². The highest BCUT2D eigenvalue weighted by Gasteiger charge is 2.37. The fourth-order valence-electron chi connectivity index (χ4n) is 4.50. The van der Waals surface area contributed by atoms with Crippen LogP contribution >= 0.6 is 0 Å². The van der Waals surface area contributed by atoms with E-state index in [2.05, 4.69) is 15.1 Å². The minimum Gasteiger partial charge on any atom is -0.378 e. The molecule has 12 heteroatoms. The zero-order valence-corrected chi connectivity index (χ0v) is 18.7. The zero-order valence-electron chi connectivity index (χ0n) is 18.7. The molecular weight excluding hydrogens is 441 g/mol. The van der Waals surface area contributed by atoms with Crippen LogP contribution in [0.4, 0.5) is 13.2 Å². The number of rotatable bonds is 4. The molecule has 0 atom stereocenters. The Labute approximate surface area is 188 Å². The first-order valence-electron chi connectivity index (χ1n) is 11.1. The van der Waals surface area contributed by atoms with E-state index in [1.165, 1.54) is 0 Å². The summed E-state index contributed by atoms with van der Waals surface area (Å²) in [5.41, 5.74) is 1.71. The van der Waals surface area contributed by atoms with Crippen molar-refractivity contribution in [2.45, 2.75) is 45.7 Å². The molecule has 2 aromatic heterocycles. The first kappa shape index (κ1) is 23.4. The minimum atomic E-state index is -4.65. The van der Waals surface area contributed by atoms with Gasteiger partial charge in [-0.05, 0) is 38.7 Å². The Bertz CT molecular complexity index is 1040. The molecule has 0 aliphatic carbocycles. The number of nitrogens with zero attached hydrogens (tertiary/aromatic N) is 6. The average molecular weight is 468 g/mol. The fourth-order valence-corrected chi connectivity index (χ4v) is 4.50. The topological polar surface area (TPSA) is 92.9 Å². The summed E-state index contributed by atoms with van der Waals surface area (Å²) in [6.07, 6.45) is -2.84. The van der Waals surface area contributed by atoms with Crippen molar-refractivity contribution >= 4 is 17.6 Å². The molecule has 2 fully saturated rings. The molecule has 0 saturated carbocycles. The Kier molecular flexibility index (Phi) is 6.55. The van der Waals surface area contributed by atoms with Crippen LogP contribution in [0.5, 0.6) is 0 Å². The third kappa shape index (κ3) is 4.94. The Hall–Kier alpha value is -2.76. The smallest absolute Gasteiger partial charge is 0.378 e. The van der Waals surface area contributed by atoms with Gasteiger partial charge in [0.1, 0.15) is 0 Å². The molecule has 4 rings (SSSR count). The lowest BCUT2D eigenvalue weighted by Crippen LogP contribution is -2.47. The molecule has 180 valence electrons. The highest BCUT2D eigenvalue weighted by atomic mass is 19.4. The first-order valence-corrected chi connectivity index (χ1v) is 11.1. The second-order valence-electron chi connectivity index (χ2n) is 8.50. The van der Waals surface area contributed by atoms with Gasteiger partial charge in [-0.25, -0.2) is 9.50 Å². The number of ether oxygens (including phenoxy) is 1. The monoisotopic (exact) mass is 468 g/mol. The normalized spacial score (nSPS) is 18.2. The lowest BCUT2D eigenvalue weighted by Gasteiger charge is -2.35. The third-order valence-electron chi connectivity index (χ3n) is 6.41. The van der Waals surface area contributed by atoms with E-state index >= 15 is 0 Å². The van der Waals surface area contributed by atoms with Crippen molar-refractivity contribution in [1.82, 2.24) is 29.4 Å². The highest BCUT2D eigenvalue weighted by molar-refractivity contribution is 5.80. The third-order valence-corrected chi connectivity index (χ3v) is 6.41. The van der Waals surface area contributed by atoms with Crippen LogP contribution in [0.15, 0.2) is 0 Å². The number of carbonyl (C=O) groups excluding carboxylic acids is 2. The van der Waals surface area contributed by atoms with E-state index in [1.54, 1.807) is 18.7 Å². The number of hydrogen-bond acceptors (Lipinski definition) is 6. The van der Waals surface area contributed by atoms with Gasteiger partial charge in [-0.2, -0.15) is 18.2 Å². The van der Waals surface area contributed by atoms with E-state index in [0.29, 0.717) is 75.6 Å². The molecule has 0 spiro atoms. The minimum absolute atomic E-state index is 0.0410. The molecule has 0 bridgehead atoms. The molecule has 0 radical (unpaired) electrons. The molecule has 9 nitrogen and oxygen atoms in total. The van der Waals surface area contributed by atoms with Crippen LogP contribution in [0, 0.1) is 19.8 Å². The van der Waals surface area contributed by atoms with Crippen LogP contribution < -0.4 is 0 Å². The van der Waals surface area contributed by atoms with Gasteiger partial charge in [0.05, 0.1) is 13.2 Å². The Balaban J connectivity index is 1.35. The molecular formula is C21H27F3N6O3. The maximum atomic E-state index is 13.0. The van der Waals surface area contributed by atoms with E-state index in [1.807, 2.05) is 4.90 Å². The number of morpholine rings is 1. The fraction of sp³-hybridized carbons (Fsp3) is 0.667. The van der Waals surface area contributed by atoms with E-state index in [0.717, 1.165) is 4.52 Å². The molecule has 33 heavy (non-hydrogen) atoms. The quantitative estimate of drug-likeness (QED) is 0.680. The number of fused-ring (bicyclic) bond motifs is 1. The summed E-state index contributed by atoms with van der Waals surface area (Å²) in [7, 11) is 0. The van der Waals surface area contributed by atoms with Crippen molar-refractivity contribution in [1.29, 1.82) is 0 Å². The Morgan fingerprint density at radius 1 is 1.03 bits per heavy atom.